The van der Waals surface area contributed by atoms with Gasteiger partial charge in [-0.2, -0.15) is 0 Å². The van der Waals surface area contributed by atoms with Crippen LogP contribution in [-0.4, -0.2) is 18.5 Å². The molecule has 2 heteroatoms. The lowest BCUT2D eigenvalue weighted by atomic mass is 10.00. The molecule has 1 atom stereocenters. The van der Waals surface area contributed by atoms with Gasteiger partial charge in [0, 0.05) is 18.6 Å². The van der Waals surface area contributed by atoms with Gasteiger partial charge in [0.05, 0.1) is 6.10 Å². The number of ether oxygens (including phenoxy) is 1. The van der Waals surface area contributed by atoms with Crippen molar-refractivity contribution >= 4 is 5.78 Å². The highest BCUT2D eigenvalue weighted by Crippen LogP contribution is 2.19. The summed E-state index contributed by atoms with van der Waals surface area (Å²) in [4.78, 5) is 12.0. The van der Waals surface area contributed by atoms with Crippen molar-refractivity contribution in [1.82, 2.24) is 0 Å². The molecular formula is C15H20O2. The van der Waals surface area contributed by atoms with Gasteiger partial charge in [-0.05, 0) is 50.3 Å². The van der Waals surface area contributed by atoms with Crippen molar-refractivity contribution < 1.29 is 9.53 Å². The third-order valence-corrected chi connectivity index (χ3v) is 3.55. The van der Waals surface area contributed by atoms with Crippen LogP contribution in [0.15, 0.2) is 18.2 Å². The summed E-state index contributed by atoms with van der Waals surface area (Å²) in [5.74, 6) is 0.239. The summed E-state index contributed by atoms with van der Waals surface area (Å²) < 4.78 is 5.53. The Kier molecular flexibility index (Phi) is 3.95. The Morgan fingerprint density at radius 2 is 2.18 bits per heavy atom. The number of hydrogen-bond donors (Lipinski definition) is 0. The van der Waals surface area contributed by atoms with Crippen LogP contribution in [0.25, 0.3) is 0 Å². The molecule has 0 N–H and O–H groups in total. The number of aryl methyl sites for hydroxylation is 2. The van der Waals surface area contributed by atoms with E-state index in [9.17, 15) is 4.79 Å². The molecule has 17 heavy (non-hydrogen) atoms. The van der Waals surface area contributed by atoms with Crippen molar-refractivity contribution in [2.75, 3.05) is 6.61 Å². The minimum absolute atomic E-state index is 0.239. The van der Waals surface area contributed by atoms with Gasteiger partial charge in [0.2, 0.25) is 0 Å². The summed E-state index contributed by atoms with van der Waals surface area (Å²) >= 11 is 0. The van der Waals surface area contributed by atoms with Gasteiger partial charge in [-0.25, -0.2) is 0 Å². The molecular weight excluding hydrogens is 212 g/mol. The zero-order valence-electron chi connectivity index (χ0n) is 10.7. The van der Waals surface area contributed by atoms with E-state index in [2.05, 4.69) is 6.92 Å². The first-order valence-electron chi connectivity index (χ1n) is 6.39. The summed E-state index contributed by atoms with van der Waals surface area (Å²) in [5, 5.41) is 0. The Hall–Kier alpha value is -1.15. The van der Waals surface area contributed by atoms with E-state index in [0.717, 1.165) is 31.4 Å². The summed E-state index contributed by atoms with van der Waals surface area (Å²) in [5.41, 5.74) is 3.26. The Morgan fingerprint density at radius 1 is 1.35 bits per heavy atom. The first-order valence-corrected chi connectivity index (χ1v) is 6.39. The van der Waals surface area contributed by atoms with E-state index >= 15 is 0 Å². The fraction of sp³-hybridized carbons (Fsp3) is 0.533. The Balaban J connectivity index is 1.92. The Bertz CT molecular complexity index is 403. The van der Waals surface area contributed by atoms with E-state index in [4.69, 9.17) is 4.74 Å². The normalized spacial score (nSPS) is 19.5. The minimum atomic E-state index is 0.239. The van der Waals surface area contributed by atoms with Crippen LogP contribution in [0.3, 0.4) is 0 Å². The number of carbonyl (C=O) groups is 1. The van der Waals surface area contributed by atoms with Crippen LogP contribution < -0.4 is 0 Å². The first kappa shape index (κ1) is 12.3. The topological polar surface area (TPSA) is 26.3 Å². The number of ketones is 1. The molecule has 1 aliphatic heterocycles. The van der Waals surface area contributed by atoms with Crippen LogP contribution in [0, 0.1) is 13.8 Å². The molecule has 0 amide bonds. The molecule has 1 heterocycles. The molecule has 2 nitrogen and oxygen atoms in total. The maximum Gasteiger partial charge on any atom is 0.162 e. The van der Waals surface area contributed by atoms with Gasteiger partial charge in [0.15, 0.2) is 5.78 Å². The first-order chi connectivity index (χ1) is 8.16. The van der Waals surface area contributed by atoms with Crippen LogP contribution in [0.2, 0.25) is 0 Å². The van der Waals surface area contributed by atoms with Crippen molar-refractivity contribution in [3.05, 3.63) is 34.9 Å². The van der Waals surface area contributed by atoms with Gasteiger partial charge in [0.1, 0.15) is 0 Å². The quantitative estimate of drug-likeness (QED) is 0.743. The van der Waals surface area contributed by atoms with Crippen molar-refractivity contribution in [2.24, 2.45) is 0 Å². The zero-order chi connectivity index (χ0) is 12.3. The van der Waals surface area contributed by atoms with Gasteiger partial charge in [-0.1, -0.05) is 12.1 Å². The van der Waals surface area contributed by atoms with Crippen LogP contribution in [0.1, 0.15) is 47.2 Å². The average molecular weight is 232 g/mol. The van der Waals surface area contributed by atoms with Crippen LogP contribution in [0.5, 0.6) is 0 Å². The molecule has 1 fully saturated rings. The molecule has 2 rings (SSSR count). The summed E-state index contributed by atoms with van der Waals surface area (Å²) in [6.45, 7) is 4.98. The SMILES string of the molecule is Cc1ccc(C(=O)CCC2CCCO2)cc1C. The zero-order valence-corrected chi connectivity index (χ0v) is 10.7. The number of hydrogen-bond acceptors (Lipinski definition) is 2. The van der Waals surface area contributed by atoms with Crippen molar-refractivity contribution in [2.45, 2.75) is 45.6 Å². The minimum Gasteiger partial charge on any atom is -0.378 e. The highest BCUT2D eigenvalue weighted by molar-refractivity contribution is 5.96. The second kappa shape index (κ2) is 5.46. The average Bonchev–Trinajstić information content (AvgIpc) is 2.82. The van der Waals surface area contributed by atoms with Crippen molar-refractivity contribution in [1.29, 1.82) is 0 Å². The summed E-state index contributed by atoms with van der Waals surface area (Å²) in [6, 6.07) is 5.95. The number of carbonyl (C=O) groups excluding carboxylic acids is 1. The monoisotopic (exact) mass is 232 g/mol. The maximum atomic E-state index is 12.0. The molecule has 1 aromatic carbocycles. The predicted octanol–water partition coefficient (Wildman–Crippen LogP) is 3.45. The summed E-state index contributed by atoms with van der Waals surface area (Å²) in [6.07, 6.45) is 4.03. The number of rotatable bonds is 4. The lowest BCUT2D eigenvalue weighted by Crippen LogP contribution is -2.09. The van der Waals surface area contributed by atoms with E-state index < -0.39 is 0 Å². The molecule has 0 radical (unpaired) electrons. The van der Waals surface area contributed by atoms with Crippen LogP contribution in [0.4, 0.5) is 0 Å². The van der Waals surface area contributed by atoms with Gasteiger partial charge in [0.25, 0.3) is 0 Å². The molecule has 1 unspecified atom stereocenters. The van der Waals surface area contributed by atoms with Gasteiger partial charge >= 0.3 is 0 Å². The smallest absolute Gasteiger partial charge is 0.162 e. The fourth-order valence-electron chi connectivity index (χ4n) is 2.22. The predicted molar refractivity (Wildman–Crippen MR) is 68.5 cm³/mol. The van der Waals surface area contributed by atoms with Gasteiger partial charge < -0.3 is 4.74 Å². The Labute approximate surface area is 103 Å². The van der Waals surface area contributed by atoms with Crippen LogP contribution >= 0.6 is 0 Å². The second-order valence-corrected chi connectivity index (χ2v) is 4.90. The third-order valence-electron chi connectivity index (χ3n) is 3.55. The van der Waals surface area contributed by atoms with E-state index in [1.165, 1.54) is 11.1 Å². The maximum absolute atomic E-state index is 12.0. The molecule has 0 spiro atoms. The molecule has 1 aromatic rings. The number of Topliss-reactive ketones (excluding diaryl/α,β-unsaturated/α-hetero) is 1. The molecule has 0 bridgehead atoms. The molecule has 0 saturated carbocycles. The standard InChI is InChI=1S/C15H20O2/c1-11-5-6-13(10-12(11)2)15(16)8-7-14-4-3-9-17-14/h5-6,10,14H,3-4,7-9H2,1-2H3. The van der Waals surface area contributed by atoms with E-state index in [0.29, 0.717) is 12.5 Å². The van der Waals surface area contributed by atoms with Gasteiger partial charge in [-0.3, -0.25) is 4.79 Å². The molecule has 1 saturated heterocycles. The largest absolute Gasteiger partial charge is 0.378 e. The van der Waals surface area contributed by atoms with Crippen LogP contribution in [-0.2, 0) is 4.74 Å². The molecule has 1 aliphatic rings. The van der Waals surface area contributed by atoms with Crippen molar-refractivity contribution in [3.8, 4) is 0 Å². The second-order valence-electron chi connectivity index (χ2n) is 4.90. The Morgan fingerprint density at radius 3 is 2.82 bits per heavy atom. The fourth-order valence-corrected chi connectivity index (χ4v) is 2.22. The highest BCUT2D eigenvalue weighted by atomic mass is 16.5. The van der Waals surface area contributed by atoms with E-state index in [-0.39, 0.29) is 5.78 Å². The molecule has 92 valence electrons. The van der Waals surface area contributed by atoms with Crippen molar-refractivity contribution in [3.63, 3.8) is 0 Å². The molecule has 0 aliphatic carbocycles. The third kappa shape index (κ3) is 3.16. The highest BCUT2D eigenvalue weighted by Gasteiger charge is 2.17. The summed E-state index contributed by atoms with van der Waals surface area (Å²) in [7, 11) is 0. The lowest BCUT2D eigenvalue weighted by molar-refractivity contribution is 0.0859. The van der Waals surface area contributed by atoms with E-state index in [1.54, 1.807) is 0 Å². The molecule has 0 aromatic heterocycles. The lowest BCUT2D eigenvalue weighted by Gasteiger charge is -2.09. The van der Waals surface area contributed by atoms with Gasteiger partial charge in [-0.15, -0.1) is 0 Å². The number of benzene rings is 1. The van der Waals surface area contributed by atoms with E-state index in [1.807, 2.05) is 25.1 Å².